The average Bonchev–Trinajstić information content (AvgIpc) is 3.10. The Labute approximate surface area is 154 Å². The van der Waals surface area contributed by atoms with Crippen molar-refractivity contribution < 1.29 is 5.11 Å². The zero-order chi connectivity index (χ0) is 18.5. The Hall–Kier alpha value is -2.45. The maximum Gasteiger partial charge on any atom is 0.329 e. The largest absolute Gasteiger partial charge is 0.390 e. The van der Waals surface area contributed by atoms with E-state index in [0.29, 0.717) is 22.5 Å². The summed E-state index contributed by atoms with van der Waals surface area (Å²) in [6.45, 7) is 2.59. The van der Waals surface area contributed by atoms with Crippen molar-refractivity contribution in [2.75, 3.05) is 19.6 Å². The number of likely N-dealkylation sites (tertiary alicyclic amines) is 1. The lowest BCUT2D eigenvalue weighted by molar-refractivity contribution is -0.0106. The van der Waals surface area contributed by atoms with Gasteiger partial charge in [-0.3, -0.25) is 19.2 Å². The number of fused-ring (bicyclic) bond motifs is 3. The fraction of sp³-hybridized carbons (Fsp3) is 0.526. The van der Waals surface area contributed by atoms with Gasteiger partial charge in [-0.2, -0.15) is 0 Å². The summed E-state index contributed by atoms with van der Waals surface area (Å²) in [5, 5.41) is 10.7. The molecule has 3 aromatic rings. The van der Waals surface area contributed by atoms with E-state index in [1.165, 1.54) is 0 Å². The van der Waals surface area contributed by atoms with E-state index in [1.807, 2.05) is 6.07 Å². The number of nitrogens with zero attached hydrogens (tertiary/aromatic N) is 3. The number of aliphatic hydroxyl groups is 1. The van der Waals surface area contributed by atoms with Gasteiger partial charge in [-0.25, -0.2) is 9.78 Å². The van der Waals surface area contributed by atoms with Crippen molar-refractivity contribution in [2.24, 2.45) is 5.92 Å². The van der Waals surface area contributed by atoms with Crippen LogP contribution in [0, 0.1) is 5.92 Å². The topological polar surface area (TPSA) is 107 Å². The minimum Gasteiger partial charge on any atom is -0.390 e. The van der Waals surface area contributed by atoms with Crippen molar-refractivity contribution in [2.45, 2.75) is 37.8 Å². The third-order valence-corrected chi connectivity index (χ3v) is 6.12. The molecule has 4 heterocycles. The molecule has 0 radical (unpaired) electrons. The van der Waals surface area contributed by atoms with Crippen molar-refractivity contribution in [3.63, 3.8) is 0 Å². The molecular weight excluding hydrogens is 346 g/mol. The number of aromatic amines is 2. The smallest absolute Gasteiger partial charge is 0.329 e. The number of hydrogen-bond acceptors (Lipinski definition) is 5. The quantitative estimate of drug-likeness (QED) is 0.638. The standard InChI is InChI=1S/C19H23N5O3/c25-13-9-23(10-13)8-11-1-3-12(4-2-11)24-16-14-5-6-20-17(14)21-7-15(16)18(26)22-19(24)27/h5-7,11-13,25H,1-4,8-10H2,(H,20,21)(H,22,26,27)/t11-,12-. The molecule has 2 fully saturated rings. The van der Waals surface area contributed by atoms with Crippen LogP contribution in [-0.4, -0.2) is 55.3 Å². The van der Waals surface area contributed by atoms with Crippen LogP contribution in [0.3, 0.4) is 0 Å². The summed E-state index contributed by atoms with van der Waals surface area (Å²) >= 11 is 0. The Morgan fingerprint density at radius 3 is 2.67 bits per heavy atom. The molecular formula is C19H23N5O3. The highest BCUT2D eigenvalue weighted by atomic mass is 16.3. The number of rotatable bonds is 3. The second-order valence-corrected chi connectivity index (χ2v) is 7.94. The van der Waals surface area contributed by atoms with Crippen LogP contribution >= 0.6 is 0 Å². The van der Waals surface area contributed by atoms with Crippen molar-refractivity contribution in [3.05, 3.63) is 39.3 Å². The SMILES string of the molecule is O=c1[nH]c(=O)n([C@H]2CC[C@H](CN3CC(O)C3)CC2)c2c1cnc1[nH]ccc12. The molecule has 3 aromatic heterocycles. The molecule has 0 unspecified atom stereocenters. The molecule has 2 aliphatic rings. The third-order valence-electron chi connectivity index (χ3n) is 6.12. The van der Waals surface area contributed by atoms with Gasteiger partial charge in [0.25, 0.3) is 5.56 Å². The van der Waals surface area contributed by atoms with Gasteiger partial charge in [-0.1, -0.05) is 0 Å². The first-order valence-corrected chi connectivity index (χ1v) is 9.61. The molecule has 8 nitrogen and oxygen atoms in total. The molecule has 0 atom stereocenters. The molecule has 1 saturated heterocycles. The number of aliphatic hydroxyl groups excluding tert-OH is 1. The molecule has 1 saturated carbocycles. The summed E-state index contributed by atoms with van der Waals surface area (Å²) in [5.41, 5.74) is 0.651. The van der Waals surface area contributed by atoms with Crippen LogP contribution < -0.4 is 11.2 Å². The Morgan fingerprint density at radius 1 is 1.15 bits per heavy atom. The molecule has 0 aromatic carbocycles. The van der Waals surface area contributed by atoms with E-state index < -0.39 is 0 Å². The van der Waals surface area contributed by atoms with Gasteiger partial charge in [-0.05, 0) is 37.7 Å². The Bertz CT molecular complexity index is 1100. The van der Waals surface area contributed by atoms with Gasteiger partial charge in [0, 0.05) is 43.5 Å². The maximum absolute atomic E-state index is 12.7. The van der Waals surface area contributed by atoms with Crippen LogP contribution in [-0.2, 0) is 0 Å². The zero-order valence-electron chi connectivity index (χ0n) is 15.0. The number of aromatic nitrogens is 4. The van der Waals surface area contributed by atoms with Crippen LogP contribution in [0.1, 0.15) is 31.7 Å². The molecule has 0 bridgehead atoms. The molecule has 3 N–H and O–H groups in total. The van der Waals surface area contributed by atoms with E-state index >= 15 is 0 Å². The molecule has 142 valence electrons. The summed E-state index contributed by atoms with van der Waals surface area (Å²) in [7, 11) is 0. The highest BCUT2D eigenvalue weighted by Gasteiger charge is 2.30. The van der Waals surface area contributed by atoms with Crippen LogP contribution in [0.5, 0.6) is 0 Å². The second kappa shape index (κ2) is 6.31. The van der Waals surface area contributed by atoms with Gasteiger partial charge >= 0.3 is 5.69 Å². The first kappa shape index (κ1) is 16.7. The monoisotopic (exact) mass is 369 g/mol. The predicted octanol–water partition coefficient (Wildman–Crippen LogP) is 0.974. The van der Waals surface area contributed by atoms with Crippen molar-refractivity contribution >= 4 is 21.9 Å². The summed E-state index contributed by atoms with van der Waals surface area (Å²) in [6.07, 6.45) is 7.09. The van der Waals surface area contributed by atoms with Crippen LogP contribution in [0.15, 0.2) is 28.0 Å². The van der Waals surface area contributed by atoms with E-state index in [-0.39, 0.29) is 23.4 Å². The summed E-state index contributed by atoms with van der Waals surface area (Å²) in [4.78, 5) is 37.1. The van der Waals surface area contributed by atoms with Crippen molar-refractivity contribution in [1.82, 2.24) is 24.4 Å². The van der Waals surface area contributed by atoms with E-state index in [2.05, 4.69) is 19.9 Å². The fourth-order valence-corrected chi connectivity index (χ4v) is 4.74. The molecule has 0 spiro atoms. The van der Waals surface area contributed by atoms with Gasteiger partial charge in [0.05, 0.1) is 17.0 Å². The molecule has 5 rings (SSSR count). The number of H-pyrrole nitrogens is 2. The van der Waals surface area contributed by atoms with Gasteiger partial charge in [0.1, 0.15) is 5.65 Å². The molecule has 0 amide bonds. The summed E-state index contributed by atoms with van der Waals surface area (Å²) in [6, 6.07) is 1.96. The van der Waals surface area contributed by atoms with Gasteiger partial charge in [-0.15, -0.1) is 0 Å². The Balaban J connectivity index is 1.47. The molecule has 1 aliphatic carbocycles. The molecule has 8 heteroatoms. The van der Waals surface area contributed by atoms with Gasteiger partial charge in [0.2, 0.25) is 0 Å². The van der Waals surface area contributed by atoms with Crippen molar-refractivity contribution in [1.29, 1.82) is 0 Å². The number of hydrogen-bond donors (Lipinski definition) is 3. The van der Waals surface area contributed by atoms with Crippen LogP contribution in [0.25, 0.3) is 21.9 Å². The number of nitrogens with one attached hydrogen (secondary N) is 2. The normalized spacial score (nSPS) is 24.5. The maximum atomic E-state index is 12.7. The number of pyridine rings is 1. The lowest BCUT2D eigenvalue weighted by Crippen LogP contribution is -2.52. The molecule has 27 heavy (non-hydrogen) atoms. The second-order valence-electron chi connectivity index (χ2n) is 7.94. The van der Waals surface area contributed by atoms with Crippen LogP contribution in [0.2, 0.25) is 0 Å². The Kier molecular flexibility index (Phi) is 3.91. The lowest BCUT2D eigenvalue weighted by Gasteiger charge is -2.40. The molecule has 1 aliphatic heterocycles. The first-order chi connectivity index (χ1) is 13.1. The highest BCUT2D eigenvalue weighted by Crippen LogP contribution is 2.34. The summed E-state index contributed by atoms with van der Waals surface area (Å²) < 4.78 is 1.78. The van der Waals surface area contributed by atoms with E-state index in [1.54, 1.807) is 17.0 Å². The lowest BCUT2D eigenvalue weighted by atomic mass is 9.85. The summed E-state index contributed by atoms with van der Waals surface area (Å²) in [5.74, 6) is 0.604. The zero-order valence-corrected chi connectivity index (χ0v) is 15.0. The highest BCUT2D eigenvalue weighted by molar-refractivity contribution is 6.01. The third kappa shape index (κ3) is 2.80. The predicted molar refractivity (Wildman–Crippen MR) is 102 cm³/mol. The first-order valence-electron chi connectivity index (χ1n) is 9.61. The minimum absolute atomic E-state index is 0.0792. The van der Waals surface area contributed by atoms with E-state index in [9.17, 15) is 14.7 Å². The van der Waals surface area contributed by atoms with Gasteiger partial charge < -0.3 is 10.1 Å². The van der Waals surface area contributed by atoms with E-state index in [0.717, 1.165) is 50.7 Å². The Morgan fingerprint density at radius 2 is 1.93 bits per heavy atom. The van der Waals surface area contributed by atoms with Crippen LogP contribution in [0.4, 0.5) is 0 Å². The van der Waals surface area contributed by atoms with Gasteiger partial charge in [0.15, 0.2) is 0 Å². The minimum atomic E-state index is -0.383. The average molecular weight is 369 g/mol. The fourth-order valence-electron chi connectivity index (χ4n) is 4.74. The van der Waals surface area contributed by atoms with E-state index in [4.69, 9.17) is 0 Å². The van der Waals surface area contributed by atoms with Crippen molar-refractivity contribution in [3.8, 4) is 0 Å². The number of β-amino-alcohol motifs (C(OH)–C–C–N with tert-alkyl or cyclic N) is 1.